The van der Waals surface area contributed by atoms with Gasteiger partial charge in [0.2, 0.25) is 5.91 Å². The highest BCUT2D eigenvalue weighted by Crippen LogP contribution is 2.27. The molecule has 118 valence electrons. The monoisotopic (exact) mass is 309 g/mol. The first-order valence-electron chi connectivity index (χ1n) is 7.89. The summed E-state index contributed by atoms with van der Waals surface area (Å²) in [6, 6.07) is 10.2. The summed E-state index contributed by atoms with van der Waals surface area (Å²) in [6.07, 6.45) is 0. The number of benzene rings is 1. The van der Waals surface area contributed by atoms with Gasteiger partial charge < -0.3 is 9.80 Å². The Bertz CT molecular complexity index is 893. The molecule has 2 aromatic heterocycles. The summed E-state index contributed by atoms with van der Waals surface area (Å²) in [7, 11) is 0. The number of piperazine rings is 1. The quantitative estimate of drug-likeness (QED) is 0.688. The van der Waals surface area contributed by atoms with Gasteiger partial charge in [-0.25, -0.2) is 9.50 Å². The van der Waals surface area contributed by atoms with Gasteiger partial charge in [0.25, 0.3) is 0 Å². The van der Waals surface area contributed by atoms with Gasteiger partial charge in [-0.2, -0.15) is 5.10 Å². The largest absolute Gasteiger partial charge is 0.352 e. The van der Waals surface area contributed by atoms with Gasteiger partial charge in [0.05, 0.1) is 11.2 Å². The molecule has 1 saturated heterocycles. The summed E-state index contributed by atoms with van der Waals surface area (Å²) in [4.78, 5) is 20.5. The van der Waals surface area contributed by atoms with Crippen molar-refractivity contribution in [3.05, 3.63) is 36.0 Å². The molecule has 0 unspecified atom stereocenters. The van der Waals surface area contributed by atoms with Crippen molar-refractivity contribution in [2.24, 2.45) is 0 Å². The van der Waals surface area contributed by atoms with E-state index in [2.05, 4.69) is 22.1 Å². The zero-order valence-corrected chi connectivity index (χ0v) is 13.4. The van der Waals surface area contributed by atoms with Crippen LogP contribution in [0.25, 0.3) is 16.6 Å². The SMILES string of the molecule is CC(=O)N1CCN(c2nc3cc(C)nn3c3ccccc23)CC1. The summed E-state index contributed by atoms with van der Waals surface area (Å²) in [5, 5.41) is 5.64. The lowest BCUT2D eigenvalue weighted by atomic mass is 10.2. The normalized spacial score (nSPS) is 15.6. The maximum atomic E-state index is 11.5. The Kier molecular flexibility index (Phi) is 3.18. The number of aryl methyl sites for hydroxylation is 1. The third kappa shape index (κ3) is 2.30. The van der Waals surface area contributed by atoms with Gasteiger partial charge in [-0.05, 0) is 19.1 Å². The molecule has 4 rings (SSSR count). The first-order chi connectivity index (χ1) is 11.1. The van der Waals surface area contributed by atoms with Crippen molar-refractivity contribution in [1.29, 1.82) is 0 Å². The topological polar surface area (TPSA) is 53.7 Å². The highest BCUT2D eigenvalue weighted by molar-refractivity contribution is 5.91. The fourth-order valence-corrected chi connectivity index (χ4v) is 3.23. The molecule has 0 saturated carbocycles. The molecule has 1 fully saturated rings. The van der Waals surface area contributed by atoms with Crippen molar-refractivity contribution in [2.75, 3.05) is 31.1 Å². The molecule has 23 heavy (non-hydrogen) atoms. The Morgan fingerprint density at radius 1 is 1.13 bits per heavy atom. The lowest BCUT2D eigenvalue weighted by Gasteiger charge is -2.35. The summed E-state index contributed by atoms with van der Waals surface area (Å²) in [5.74, 6) is 1.13. The Morgan fingerprint density at radius 3 is 2.61 bits per heavy atom. The first kappa shape index (κ1) is 14.0. The number of para-hydroxylation sites is 1. The summed E-state index contributed by atoms with van der Waals surface area (Å²) in [6.45, 7) is 6.71. The van der Waals surface area contributed by atoms with E-state index >= 15 is 0 Å². The number of hydrogen-bond donors (Lipinski definition) is 0. The molecule has 1 aromatic carbocycles. The van der Waals surface area contributed by atoms with E-state index in [1.165, 1.54) is 0 Å². The second kappa shape index (κ2) is 5.22. The lowest BCUT2D eigenvalue weighted by molar-refractivity contribution is -0.129. The summed E-state index contributed by atoms with van der Waals surface area (Å²) >= 11 is 0. The number of aromatic nitrogens is 3. The standard InChI is InChI=1S/C17H19N5O/c1-12-11-16-18-17(21-9-7-20(8-10-21)13(2)23)14-5-3-4-6-15(14)22(16)19-12/h3-6,11H,7-10H2,1-2H3. The predicted molar refractivity (Wildman–Crippen MR) is 89.7 cm³/mol. The number of hydrogen-bond acceptors (Lipinski definition) is 4. The van der Waals surface area contributed by atoms with Crippen LogP contribution >= 0.6 is 0 Å². The van der Waals surface area contributed by atoms with Crippen molar-refractivity contribution in [3.8, 4) is 0 Å². The van der Waals surface area contributed by atoms with Crippen molar-refractivity contribution in [3.63, 3.8) is 0 Å². The maximum Gasteiger partial charge on any atom is 0.219 e. The average Bonchev–Trinajstić information content (AvgIpc) is 2.95. The van der Waals surface area contributed by atoms with E-state index in [1.54, 1.807) is 6.92 Å². The Hall–Kier alpha value is -2.63. The van der Waals surface area contributed by atoms with E-state index in [0.717, 1.165) is 54.2 Å². The molecule has 6 nitrogen and oxygen atoms in total. The van der Waals surface area contributed by atoms with Crippen LogP contribution in [0.4, 0.5) is 5.82 Å². The molecule has 0 spiro atoms. The molecule has 0 aliphatic carbocycles. The minimum absolute atomic E-state index is 0.143. The highest BCUT2D eigenvalue weighted by Gasteiger charge is 2.22. The molecule has 3 aromatic rings. The fraction of sp³-hybridized carbons (Fsp3) is 0.353. The minimum atomic E-state index is 0.143. The van der Waals surface area contributed by atoms with Crippen molar-refractivity contribution >= 4 is 28.3 Å². The molecule has 0 atom stereocenters. The van der Waals surface area contributed by atoms with Gasteiger partial charge in [-0.15, -0.1) is 0 Å². The molecule has 6 heteroatoms. The van der Waals surface area contributed by atoms with E-state index < -0.39 is 0 Å². The second-order valence-corrected chi connectivity index (χ2v) is 6.00. The predicted octanol–water partition coefficient (Wildman–Crippen LogP) is 1.86. The van der Waals surface area contributed by atoms with Crippen LogP contribution < -0.4 is 4.90 Å². The number of nitrogens with zero attached hydrogens (tertiary/aromatic N) is 5. The Balaban J connectivity index is 1.81. The van der Waals surface area contributed by atoms with E-state index in [4.69, 9.17) is 4.98 Å². The van der Waals surface area contributed by atoms with E-state index in [1.807, 2.05) is 34.5 Å². The molecule has 1 aliphatic heterocycles. The molecule has 0 radical (unpaired) electrons. The maximum absolute atomic E-state index is 11.5. The van der Waals surface area contributed by atoms with Gasteiger partial charge in [-0.1, -0.05) is 12.1 Å². The highest BCUT2D eigenvalue weighted by atomic mass is 16.2. The van der Waals surface area contributed by atoms with Crippen LogP contribution in [0.1, 0.15) is 12.6 Å². The smallest absolute Gasteiger partial charge is 0.219 e. The van der Waals surface area contributed by atoms with Crippen molar-refractivity contribution in [2.45, 2.75) is 13.8 Å². The fourth-order valence-electron chi connectivity index (χ4n) is 3.23. The Morgan fingerprint density at radius 2 is 1.87 bits per heavy atom. The van der Waals surface area contributed by atoms with E-state index in [-0.39, 0.29) is 5.91 Å². The van der Waals surface area contributed by atoms with Crippen LogP contribution in [0.15, 0.2) is 30.3 Å². The zero-order valence-electron chi connectivity index (χ0n) is 13.4. The van der Waals surface area contributed by atoms with Crippen LogP contribution in [0, 0.1) is 6.92 Å². The van der Waals surface area contributed by atoms with Crippen LogP contribution in [-0.2, 0) is 4.79 Å². The van der Waals surface area contributed by atoms with Crippen LogP contribution in [0.3, 0.4) is 0 Å². The molecular weight excluding hydrogens is 290 g/mol. The van der Waals surface area contributed by atoms with Crippen molar-refractivity contribution < 1.29 is 4.79 Å². The van der Waals surface area contributed by atoms with Crippen molar-refractivity contribution in [1.82, 2.24) is 19.5 Å². The van der Waals surface area contributed by atoms with Gasteiger partial charge in [0.15, 0.2) is 5.65 Å². The zero-order chi connectivity index (χ0) is 16.0. The summed E-state index contributed by atoms with van der Waals surface area (Å²) in [5.41, 5.74) is 2.89. The van der Waals surface area contributed by atoms with Crippen LogP contribution in [-0.4, -0.2) is 51.6 Å². The van der Waals surface area contributed by atoms with Gasteiger partial charge >= 0.3 is 0 Å². The third-order valence-corrected chi connectivity index (χ3v) is 4.43. The van der Waals surface area contributed by atoms with Gasteiger partial charge in [0, 0.05) is 44.6 Å². The number of fused-ring (bicyclic) bond motifs is 3. The first-order valence-corrected chi connectivity index (χ1v) is 7.89. The van der Waals surface area contributed by atoms with Crippen LogP contribution in [0.5, 0.6) is 0 Å². The second-order valence-electron chi connectivity index (χ2n) is 6.00. The number of anilines is 1. The average molecular weight is 309 g/mol. The molecular formula is C17H19N5O. The van der Waals surface area contributed by atoms with E-state index in [9.17, 15) is 4.79 Å². The minimum Gasteiger partial charge on any atom is -0.352 e. The van der Waals surface area contributed by atoms with Gasteiger partial charge in [-0.3, -0.25) is 4.79 Å². The molecule has 3 heterocycles. The number of rotatable bonds is 1. The van der Waals surface area contributed by atoms with Crippen LogP contribution in [0.2, 0.25) is 0 Å². The van der Waals surface area contributed by atoms with E-state index in [0.29, 0.717) is 0 Å². The molecule has 0 bridgehead atoms. The molecule has 1 amide bonds. The number of carbonyl (C=O) groups excluding carboxylic acids is 1. The third-order valence-electron chi connectivity index (χ3n) is 4.43. The Labute approximate surface area is 134 Å². The lowest BCUT2D eigenvalue weighted by Crippen LogP contribution is -2.48. The molecule has 1 aliphatic rings. The molecule has 0 N–H and O–H groups in total. The van der Waals surface area contributed by atoms with Gasteiger partial charge in [0.1, 0.15) is 5.82 Å². The number of carbonyl (C=O) groups is 1. The number of amides is 1. The summed E-state index contributed by atoms with van der Waals surface area (Å²) < 4.78 is 1.90.